The van der Waals surface area contributed by atoms with Gasteiger partial charge in [-0.05, 0) is 38.8 Å². The number of nitrogens with zero attached hydrogens (tertiary/aromatic N) is 8. The van der Waals surface area contributed by atoms with Crippen LogP contribution in [-0.2, 0) is 0 Å². The van der Waals surface area contributed by atoms with E-state index in [2.05, 4.69) is 21.1 Å². The van der Waals surface area contributed by atoms with Crippen LogP contribution in [0, 0.1) is 24.1 Å². The molecule has 1 N–H and O–H groups in total. The van der Waals surface area contributed by atoms with E-state index in [-0.39, 0.29) is 17.7 Å². The second kappa shape index (κ2) is 9.26. The molecule has 0 saturated carbocycles. The van der Waals surface area contributed by atoms with Crippen LogP contribution in [0.5, 0.6) is 6.01 Å². The van der Waals surface area contributed by atoms with Gasteiger partial charge in [0.2, 0.25) is 0 Å². The lowest BCUT2D eigenvalue weighted by atomic mass is 10.0. The molecular formula is C24H23FN8O3. The van der Waals surface area contributed by atoms with Crippen LogP contribution in [0.25, 0.3) is 16.9 Å². The highest BCUT2D eigenvalue weighted by molar-refractivity contribution is 5.67. The molecule has 11 nitrogen and oxygen atoms in total. The number of aromatic nitrogens is 6. The fourth-order valence-electron chi connectivity index (χ4n) is 4.46. The van der Waals surface area contributed by atoms with Crippen molar-refractivity contribution >= 4 is 11.7 Å². The van der Waals surface area contributed by atoms with Gasteiger partial charge in [0.25, 0.3) is 0 Å². The van der Waals surface area contributed by atoms with E-state index in [4.69, 9.17) is 9.72 Å². The molecule has 5 heterocycles. The number of ether oxygens (including phenoxy) is 1. The van der Waals surface area contributed by atoms with Crippen molar-refractivity contribution in [1.82, 2.24) is 34.0 Å². The highest BCUT2D eigenvalue weighted by Gasteiger charge is 2.26. The van der Waals surface area contributed by atoms with Gasteiger partial charge in [0, 0.05) is 30.4 Å². The molecule has 1 unspecified atom stereocenters. The summed E-state index contributed by atoms with van der Waals surface area (Å²) in [6, 6.07) is 6.92. The Hall–Kier alpha value is -4.53. The van der Waals surface area contributed by atoms with Crippen molar-refractivity contribution in [3.05, 3.63) is 59.7 Å². The summed E-state index contributed by atoms with van der Waals surface area (Å²) < 4.78 is 22.8. The van der Waals surface area contributed by atoms with Gasteiger partial charge in [-0.1, -0.05) is 0 Å². The Morgan fingerprint density at radius 1 is 1.25 bits per heavy atom. The van der Waals surface area contributed by atoms with E-state index in [1.165, 1.54) is 27.6 Å². The SMILES string of the molecule is Cc1c(-c2cc3ncc(C#N)n3c(OC(C)c3ccc(F)cn3)n2)cnn1C1CCN(C(=O)O)CC1. The maximum atomic E-state index is 13.3. The summed E-state index contributed by atoms with van der Waals surface area (Å²) in [4.78, 5) is 25.8. The number of carboxylic acid groups (broad SMARTS) is 1. The number of nitriles is 1. The average molecular weight is 490 g/mol. The smallest absolute Gasteiger partial charge is 0.407 e. The van der Waals surface area contributed by atoms with Crippen LogP contribution in [0.4, 0.5) is 9.18 Å². The van der Waals surface area contributed by atoms with Crippen LogP contribution < -0.4 is 4.74 Å². The number of carbonyl (C=O) groups is 1. The molecule has 1 aliphatic heterocycles. The second-order valence-corrected chi connectivity index (χ2v) is 8.62. The minimum absolute atomic E-state index is 0.0787. The van der Waals surface area contributed by atoms with Gasteiger partial charge in [0.1, 0.15) is 29.3 Å². The number of halogens is 1. The minimum Gasteiger partial charge on any atom is -0.465 e. The molecule has 1 fully saturated rings. The quantitative estimate of drug-likeness (QED) is 0.447. The maximum Gasteiger partial charge on any atom is 0.407 e. The molecule has 0 aromatic carbocycles. The molecule has 4 aromatic heterocycles. The van der Waals surface area contributed by atoms with Crippen molar-refractivity contribution in [2.75, 3.05) is 13.1 Å². The van der Waals surface area contributed by atoms with Gasteiger partial charge in [0.15, 0.2) is 0 Å². The summed E-state index contributed by atoms with van der Waals surface area (Å²) in [5.41, 5.74) is 3.47. The van der Waals surface area contributed by atoms with Crippen molar-refractivity contribution in [1.29, 1.82) is 5.26 Å². The molecule has 0 aliphatic carbocycles. The van der Waals surface area contributed by atoms with Crippen molar-refractivity contribution in [3.63, 3.8) is 0 Å². The van der Waals surface area contributed by atoms with Crippen molar-refractivity contribution in [3.8, 4) is 23.3 Å². The number of piperidine rings is 1. The van der Waals surface area contributed by atoms with Crippen molar-refractivity contribution in [2.24, 2.45) is 0 Å². The number of amides is 1. The Morgan fingerprint density at radius 3 is 2.69 bits per heavy atom. The Bertz CT molecular complexity index is 1470. The van der Waals surface area contributed by atoms with Crippen LogP contribution >= 0.6 is 0 Å². The Labute approximate surface area is 205 Å². The van der Waals surface area contributed by atoms with Gasteiger partial charge in [0.05, 0.1) is 36.0 Å². The molecule has 4 aromatic rings. The summed E-state index contributed by atoms with van der Waals surface area (Å²) in [7, 11) is 0. The molecule has 0 spiro atoms. The van der Waals surface area contributed by atoms with Crippen molar-refractivity contribution < 1.29 is 19.0 Å². The third kappa shape index (κ3) is 4.19. The Morgan fingerprint density at radius 2 is 2.03 bits per heavy atom. The Balaban J connectivity index is 1.49. The van der Waals surface area contributed by atoms with Crippen LogP contribution in [0.2, 0.25) is 0 Å². The van der Waals surface area contributed by atoms with Gasteiger partial charge in [-0.15, -0.1) is 0 Å². The first-order chi connectivity index (χ1) is 17.4. The van der Waals surface area contributed by atoms with E-state index in [0.29, 0.717) is 43.0 Å². The molecule has 184 valence electrons. The lowest BCUT2D eigenvalue weighted by Crippen LogP contribution is -2.38. The van der Waals surface area contributed by atoms with Gasteiger partial charge >= 0.3 is 12.1 Å². The zero-order valence-corrected chi connectivity index (χ0v) is 19.7. The molecule has 1 saturated heterocycles. The standard InChI is InChI=1S/C24H23FN8O3/c1-14-19(13-29-33(14)17-5-7-31(8-6-17)24(34)35)21-9-22-28-12-18(10-26)32(22)23(30-21)36-15(2)20-4-3-16(25)11-27-20/h3-4,9,11-13,15,17H,5-8H2,1-2H3,(H,34,35). The van der Waals surface area contributed by atoms with E-state index >= 15 is 0 Å². The molecule has 0 radical (unpaired) electrons. The number of rotatable bonds is 5. The first-order valence-electron chi connectivity index (χ1n) is 11.4. The zero-order valence-electron chi connectivity index (χ0n) is 19.7. The normalized spacial score (nSPS) is 15.1. The molecule has 1 aliphatic rings. The van der Waals surface area contributed by atoms with Crippen LogP contribution in [0.1, 0.15) is 49.0 Å². The summed E-state index contributed by atoms with van der Waals surface area (Å²) in [6.07, 6.45) is 4.14. The predicted molar refractivity (Wildman–Crippen MR) is 125 cm³/mol. The zero-order chi connectivity index (χ0) is 25.4. The van der Waals surface area contributed by atoms with E-state index in [9.17, 15) is 19.6 Å². The lowest BCUT2D eigenvalue weighted by molar-refractivity contribution is 0.123. The van der Waals surface area contributed by atoms with E-state index in [1.54, 1.807) is 19.2 Å². The summed E-state index contributed by atoms with van der Waals surface area (Å²) >= 11 is 0. The summed E-state index contributed by atoms with van der Waals surface area (Å²) in [5, 5.41) is 23.4. The minimum atomic E-state index is -0.905. The van der Waals surface area contributed by atoms with Gasteiger partial charge < -0.3 is 14.7 Å². The fraction of sp³-hybridized carbons (Fsp3) is 0.333. The van der Waals surface area contributed by atoms with E-state index < -0.39 is 18.0 Å². The highest BCUT2D eigenvalue weighted by atomic mass is 19.1. The second-order valence-electron chi connectivity index (χ2n) is 8.62. The summed E-state index contributed by atoms with van der Waals surface area (Å²) in [6.45, 7) is 4.61. The number of imidazole rings is 1. The van der Waals surface area contributed by atoms with Crippen molar-refractivity contribution in [2.45, 2.75) is 38.8 Å². The largest absolute Gasteiger partial charge is 0.465 e. The fourth-order valence-corrected chi connectivity index (χ4v) is 4.46. The predicted octanol–water partition coefficient (Wildman–Crippen LogP) is 3.76. The van der Waals surface area contributed by atoms with Crippen LogP contribution in [0.3, 0.4) is 0 Å². The van der Waals surface area contributed by atoms with Gasteiger partial charge in [-0.2, -0.15) is 15.3 Å². The van der Waals surface area contributed by atoms with Crippen LogP contribution in [-0.4, -0.2) is 58.3 Å². The highest BCUT2D eigenvalue weighted by Crippen LogP contribution is 2.31. The molecule has 36 heavy (non-hydrogen) atoms. The number of hydrogen-bond acceptors (Lipinski definition) is 7. The third-order valence-electron chi connectivity index (χ3n) is 6.43. The van der Waals surface area contributed by atoms with Crippen LogP contribution in [0.15, 0.2) is 36.8 Å². The number of fused-ring (bicyclic) bond motifs is 1. The molecule has 5 rings (SSSR count). The monoisotopic (exact) mass is 490 g/mol. The van der Waals surface area contributed by atoms with E-state index in [0.717, 1.165) is 17.5 Å². The first kappa shape index (κ1) is 23.2. The first-order valence-corrected chi connectivity index (χ1v) is 11.4. The van der Waals surface area contributed by atoms with Gasteiger partial charge in [-0.3, -0.25) is 9.67 Å². The third-order valence-corrected chi connectivity index (χ3v) is 6.43. The van der Waals surface area contributed by atoms with Gasteiger partial charge in [-0.25, -0.2) is 18.6 Å². The molecule has 0 bridgehead atoms. The molecule has 12 heteroatoms. The number of hydrogen-bond donors (Lipinski definition) is 1. The topological polar surface area (TPSA) is 134 Å². The number of likely N-dealkylation sites (tertiary alicyclic amines) is 1. The lowest BCUT2D eigenvalue weighted by Gasteiger charge is -2.30. The summed E-state index contributed by atoms with van der Waals surface area (Å²) in [5.74, 6) is -0.448. The molecule has 1 atom stereocenters. The average Bonchev–Trinajstić information content (AvgIpc) is 3.47. The molecule has 1 amide bonds. The Kier molecular flexibility index (Phi) is 5.97. The van der Waals surface area contributed by atoms with E-state index in [1.807, 2.05) is 11.6 Å². The number of pyridine rings is 1. The maximum absolute atomic E-state index is 13.3. The molecular weight excluding hydrogens is 467 g/mol.